The molecule has 8 heteroatoms. The number of hydrogen-bond donors (Lipinski definition) is 3. The highest BCUT2D eigenvalue weighted by atomic mass is 35.5. The molecule has 4 aromatic rings. The SMILES string of the molecule is CCOCC(O)Cn1cc(C2=C(c3c[nH]c4ccccc34)C(=O)NC2=O)c2cc(Cl)ccc21. The van der Waals surface area contributed by atoms with Gasteiger partial charge in [0.1, 0.15) is 0 Å². The summed E-state index contributed by atoms with van der Waals surface area (Å²) in [4.78, 5) is 29.1. The summed E-state index contributed by atoms with van der Waals surface area (Å²) in [5.74, 6) is -0.909. The number of aliphatic hydroxyl groups is 1. The van der Waals surface area contributed by atoms with Crippen LogP contribution in [0.4, 0.5) is 0 Å². The monoisotopic (exact) mass is 463 g/mol. The third kappa shape index (κ3) is 3.74. The van der Waals surface area contributed by atoms with Crippen LogP contribution >= 0.6 is 11.6 Å². The van der Waals surface area contributed by atoms with Crippen molar-refractivity contribution in [1.82, 2.24) is 14.9 Å². The van der Waals surface area contributed by atoms with Crippen LogP contribution in [0.2, 0.25) is 5.02 Å². The lowest BCUT2D eigenvalue weighted by Gasteiger charge is -2.12. The van der Waals surface area contributed by atoms with Crippen molar-refractivity contribution < 1.29 is 19.4 Å². The third-order valence-corrected chi connectivity index (χ3v) is 6.06. The lowest BCUT2D eigenvalue weighted by molar-refractivity contribution is -0.122. The van der Waals surface area contributed by atoms with Crippen LogP contribution in [-0.4, -0.2) is 45.8 Å². The second-order valence-electron chi connectivity index (χ2n) is 7.95. The predicted octanol–water partition coefficient (Wildman–Crippen LogP) is 3.74. The van der Waals surface area contributed by atoms with Crippen LogP contribution in [0.25, 0.3) is 33.0 Å². The molecule has 168 valence electrons. The van der Waals surface area contributed by atoms with E-state index < -0.39 is 17.9 Å². The number of aromatic nitrogens is 2. The third-order valence-electron chi connectivity index (χ3n) is 5.82. The van der Waals surface area contributed by atoms with Crippen molar-refractivity contribution in [3.05, 3.63) is 71.0 Å². The van der Waals surface area contributed by atoms with Crippen LogP contribution in [0.5, 0.6) is 0 Å². The van der Waals surface area contributed by atoms with E-state index in [-0.39, 0.29) is 18.7 Å². The number of aromatic amines is 1. The molecule has 1 unspecified atom stereocenters. The fraction of sp³-hybridized carbons (Fsp3) is 0.200. The van der Waals surface area contributed by atoms with Crippen molar-refractivity contribution in [1.29, 1.82) is 0 Å². The second-order valence-corrected chi connectivity index (χ2v) is 8.39. The molecule has 3 N–H and O–H groups in total. The second kappa shape index (κ2) is 8.51. The molecule has 2 amide bonds. The fourth-order valence-corrected chi connectivity index (χ4v) is 4.57. The van der Waals surface area contributed by atoms with Crippen molar-refractivity contribution in [2.45, 2.75) is 19.6 Å². The smallest absolute Gasteiger partial charge is 0.259 e. The van der Waals surface area contributed by atoms with Crippen LogP contribution in [-0.2, 0) is 20.9 Å². The number of ether oxygens (including phenoxy) is 1. The number of benzene rings is 2. The van der Waals surface area contributed by atoms with Crippen LogP contribution in [0.3, 0.4) is 0 Å². The molecule has 1 aliphatic rings. The van der Waals surface area contributed by atoms with Gasteiger partial charge in [-0.15, -0.1) is 0 Å². The quantitative estimate of drug-likeness (QED) is 0.364. The highest BCUT2D eigenvalue weighted by Crippen LogP contribution is 2.39. The van der Waals surface area contributed by atoms with E-state index in [0.717, 1.165) is 21.8 Å². The van der Waals surface area contributed by atoms with Crippen LogP contribution in [0.15, 0.2) is 54.9 Å². The number of hydrogen-bond acceptors (Lipinski definition) is 4. The number of fused-ring (bicyclic) bond motifs is 2. The first kappa shape index (κ1) is 21.5. The number of carbonyl (C=O) groups excluding carboxylic acids is 2. The van der Waals surface area contributed by atoms with E-state index in [0.29, 0.717) is 28.3 Å². The molecule has 3 heterocycles. The first-order chi connectivity index (χ1) is 16.0. The number of halogens is 1. The van der Waals surface area contributed by atoms with Gasteiger partial charge in [0, 0.05) is 57.0 Å². The van der Waals surface area contributed by atoms with Gasteiger partial charge >= 0.3 is 0 Å². The zero-order chi connectivity index (χ0) is 23.1. The van der Waals surface area contributed by atoms with Gasteiger partial charge in [0.2, 0.25) is 0 Å². The Bertz CT molecular complexity index is 1430. The average molecular weight is 464 g/mol. The van der Waals surface area contributed by atoms with Crippen molar-refractivity contribution in [2.24, 2.45) is 0 Å². The van der Waals surface area contributed by atoms with E-state index in [1.807, 2.05) is 41.8 Å². The molecule has 0 saturated carbocycles. The Kier molecular flexibility index (Phi) is 5.54. The number of amides is 2. The molecule has 1 aliphatic heterocycles. The highest BCUT2D eigenvalue weighted by molar-refractivity contribution is 6.50. The summed E-state index contributed by atoms with van der Waals surface area (Å²) in [6.07, 6.45) is 2.81. The molecule has 0 bridgehead atoms. The Hall–Kier alpha value is -3.39. The summed E-state index contributed by atoms with van der Waals surface area (Å²) in [7, 11) is 0. The number of H-pyrrole nitrogens is 1. The van der Waals surface area contributed by atoms with Gasteiger partial charge in [-0.1, -0.05) is 29.8 Å². The zero-order valence-electron chi connectivity index (χ0n) is 17.9. The molecule has 0 spiro atoms. The summed E-state index contributed by atoms with van der Waals surface area (Å²) in [6, 6.07) is 13.0. The molecule has 33 heavy (non-hydrogen) atoms. The van der Waals surface area contributed by atoms with E-state index in [4.69, 9.17) is 16.3 Å². The first-order valence-electron chi connectivity index (χ1n) is 10.7. The standard InChI is InChI=1S/C25H22ClN3O4/c1-2-33-13-15(30)11-29-12-19(17-9-14(26)7-8-21(17)29)23-22(24(31)28-25(23)32)18-10-27-20-6-4-3-5-16(18)20/h3-10,12,15,27,30H,2,11,13H2,1H3,(H,28,31,32). The van der Waals surface area contributed by atoms with E-state index >= 15 is 0 Å². The van der Waals surface area contributed by atoms with E-state index in [1.165, 1.54) is 0 Å². The van der Waals surface area contributed by atoms with Gasteiger partial charge in [0.25, 0.3) is 11.8 Å². The van der Waals surface area contributed by atoms with Gasteiger partial charge in [-0.3, -0.25) is 14.9 Å². The molecule has 5 rings (SSSR count). The van der Waals surface area contributed by atoms with Gasteiger partial charge < -0.3 is 19.4 Å². The molecule has 1 atom stereocenters. The van der Waals surface area contributed by atoms with Crippen LogP contribution < -0.4 is 5.32 Å². The number of aliphatic hydroxyl groups excluding tert-OH is 1. The molecule has 0 saturated heterocycles. The summed E-state index contributed by atoms with van der Waals surface area (Å²) >= 11 is 6.29. The van der Waals surface area contributed by atoms with Gasteiger partial charge in [-0.05, 0) is 31.2 Å². The maximum absolute atomic E-state index is 13.0. The molecule has 0 radical (unpaired) electrons. The maximum atomic E-state index is 13.0. The minimum Gasteiger partial charge on any atom is -0.389 e. The molecule has 7 nitrogen and oxygen atoms in total. The topological polar surface area (TPSA) is 96.3 Å². The summed E-state index contributed by atoms with van der Waals surface area (Å²) in [5, 5.41) is 14.9. The van der Waals surface area contributed by atoms with Crippen molar-refractivity contribution in [3.8, 4) is 0 Å². The summed E-state index contributed by atoms with van der Waals surface area (Å²) in [5.41, 5.74) is 3.50. The molecule has 2 aromatic carbocycles. The Morgan fingerprint density at radius 3 is 2.61 bits per heavy atom. The van der Waals surface area contributed by atoms with Gasteiger partial charge in [-0.2, -0.15) is 0 Å². The van der Waals surface area contributed by atoms with Gasteiger partial charge in [0.05, 0.1) is 30.4 Å². The predicted molar refractivity (Wildman–Crippen MR) is 128 cm³/mol. The number of imide groups is 1. The number of para-hydroxylation sites is 1. The number of rotatable bonds is 7. The number of nitrogens with one attached hydrogen (secondary N) is 2. The first-order valence-corrected chi connectivity index (χ1v) is 11.1. The summed E-state index contributed by atoms with van der Waals surface area (Å²) in [6.45, 7) is 2.84. The minimum absolute atomic E-state index is 0.196. The zero-order valence-corrected chi connectivity index (χ0v) is 18.6. The van der Waals surface area contributed by atoms with Crippen LogP contribution in [0.1, 0.15) is 18.1 Å². The molecule has 0 fully saturated rings. The lowest BCUT2D eigenvalue weighted by Crippen LogP contribution is -2.22. The van der Waals surface area contributed by atoms with E-state index in [1.54, 1.807) is 24.5 Å². The Morgan fingerprint density at radius 2 is 1.82 bits per heavy atom. The van der Waals surface area contributed by atoms with Crippen LogP contribution in [0, 0.1) is 0 Å². The Balaban J connectivity index is 1.72. The van der Waals surface area contributed by atoms with Crippen molar-refractivity contribution in [3.63, 3.8) is 0 Å². The number of carbonyl (C=O) groups is 2. The average Bonchev–Trinajstić information content (AvgIpc) is 3.45. The van der Waals surface area contributed by atoms with Gasteiger partial charge in [-0.25, -0.2) is 0 Å². The lowest BCUT2D eigenvalue weighted by atomic mass is 9.95. The highest BCUT2D eigenvalue weighted by Gasteiger charge is 2.35. The Labute approximate surface area is 194 Å². The maximum Gasteiger partial charge on any atom is 0.259 e. The molecule has 0 aliphatic carbocycles. The van der Waals surface area contributed by atoms with E-state index in [2.05, 4.69) is 10.3 Å². The molecule has 2 aromatic heterocycles. The largest absolute Gasteiger partial charge is 0.389 e. The minimum atomic E-state index is -0.731. The van der Waals surface area contributed by atoms with E-state index in [9.17, 15) is 14.7 Å². The normalized spacial score (nSPS) is 15.1. The summed E-state index contributed by atoms with van der Waals surface area (Å²) < 4.78 is 7.20. The number of nitrogens with zero attached hydrogens (tertiary/aromatic N) is 1. The van der Waals surface area contributed by atoms with Gasteiger partial charge in [0.15, 0.2) is 0 Å². The Morgan fingerprint density at radius 1 is 1.06 bits per heavy atom. The molecular formula is C25H22ClN3O4. The van der Waals surface area contributed by atoms with Crippen molar-refractivity contribution in [2.75, 3.05) is 13.2 Å². The fourth-order valence-electron chi connectivity index (χ4n) is 4.40. The van der Waals surface area contributed by atoms with Crippen molar-refractivity contribution >= 4 is 56.4 Å². The molecular weight excluding hydrogens is 442 g/mol.